The van der Waals surface area contributed by atoms with Gasteiger partial charge in [0.1, 0.15) is 5.69 Å². The highest BCUT2D eigenvalue weighted by atomic mass is 16.4. The van der Waals surface area contributed by atoms with E-state index in [9.17, 15) is 4.79 Å². The van der Waals surface area contributed by atoms with Crippen LogP contribution in [0.1, 0.15) is 34.1 Å². The van der Waals surface area contributed by atoms with Crippen molar-refractivity contribution in [3.8, 4) is 11.8 Å². The van der Waals surface area contributed by atoms with Gasteiger partial charge in [-0.25, -0.2) is 9.78 Å². The van der Waals surface area contributed by atoms with Gasteiger partial charge in [-0.2, -0.15) is 0 Å². The molecule has 0 amide bonds. The predicted molar refractivity (Wildman–Crippen MR) is 82.7 cm³/mol. The first-order valence-electron chi connectivity index (χ1n) is 6.25. The number of hydrogen-bond acceptors (Lipinski definition) is 3. The lowest BCUT2D eigenvalue weighted by Gasteiger charge is -2.04. The number of carboxylic acid groups (broad SMARTS) is 1. The lowest BCUT2D eigenvalue weighted by molar-refractivity contribution is 0.0690. The summed E-state index contributed by atoms with van der Waals surface area (Å²) in [5, 5.41) is 8.98. The Morgan fingerprint density at radius 3 is 2.57 bits per heavy atom. The number of nitrogens with zero attached hydrogens (tertiary/aromatic N) is 1. The molecule has 0 spiro atoms. The molecular formula is C17H14N2O2. The molecule has 0 aliphatic heterocycles. The van der Waals surface area contributed by atoms with Crippen LogP contribution in [-0.4, -0.2) is 16.1 Å². The summed E-state index contributed by atoms with van der Waals surface area (Å²) >= 11 is 0. The molecule has 4 nitrogen and oxygen atoms in total. The molecule has 0 saturated heterocycles. The lowest BCUT2D eigenvalue weighted by Crippen LogP contribution is -2.02. The van der Waals surface area contributed by atoms with Crippen molar-refractivity contribution in [3.05, 3.63) is 65.5 Å². The standard InChI is InChI=1S/C17H14N2O2/c1-11(2)14-9-16(17(20)21)19-10-13(14)8-7-12-5-3-4-6-15(12)18/h3-6,9-10H,1,18H2,2H3,(H,20,21). The van der Waals surface area contributed by atoms with Gasteiger partial charge in [0.15, 0.2) is 0 Å². The van der Waals surface area contributed by atoms with Gasteiger partial charge in [0, 0.05) is 17.4 Å². The monoisotopic (exact) mass is 278 g/mol. The Bertz CT molecular complexity index is 783. The van der Waals surface area contributed by atoms with Crippen molar-refractivity contribution in [2.24, 2.45) is 0 Å². The molecule has 1 aromatic carbocycles. The zero-order valence-electron chi connectivity index (χ0n) is 11.6. The number of pyridine rings is 1. The molecule has 0 unspecified atom stereocenters. The number of benzene rings is 1. The van der Waals surface area contributed by atoms with Crippen molar-refractivity contribution in [1.82, 2.24) is 4.98 Å². The Kier molecular flexibility index (Phi) is 4.05. The minimum absolute atomic E-state index is 0.0298. The molecule has 2 aromatic rings. The second kappa shape index (κ2) is 5.93. The van der Waals surface area contributed by atoms with Crippen LogP contribution in [0.3, 0.4) is 0 Å². The second-order valence-electron chi connectivity index (χ2n) is 4.54. The van der Waals surface area contributed by atoms with Crippen LogP contribution in [0, 0.1) is 11.8 Å². The predicted octanol–water partition coefficient (Wildman–Crippen LogP) is 2.79. The molecule has 0 fully saturated rings. The Labute approximate surface area is 123 Å². The van der Waals surface area contributed by atoms with Crippen LogP contribution >= 0.6 is 0 Å². The summed E-state index contributed by atoms with van der Waals surface area (Å²) in [5.41, 5.74) is 9.13. The van der Waals surface area contributed by atoms with Gasteiger partial charge in [0.2, 0.25) is 0 Å². The highest BCUT2D eigenvalue weighted by Crippen LogP contribution is 2.18. The summed E-state index contributed by atoms with van der Waals surface area (Å²) in [7, 11) is 0. The van der Waals surface area contributed by atoms with E-state index in [4.69, 9.17) is 10.8 Å². The average Bonchev–Trinajstić information content (AvgIpc) is 2.46. The molecule has 1 heterocycles. The Morgan fingerprint density at radius 1 is 1.29 bits per heavy atom. The molecule has 0 atom stereocenters. The first kappa shape index (κ1) is 14.4. The van der Waals surface area contributed by atoms with E-state index in [1.54, 1.807) is 13.0 Å². The molecule has 21 heavy (non-hydrogen) atoms. The third-order valence-corrected chi connectivity index (χ3v) is 2.88. The van der Waals surface area contributed by atoms with Gasteiger partial charge in [-0.1, -0.05) is 30.6 Å². The third kappa shape index (κ3) is 3.28. The number of nitrogens with two attached hydrogens (primary N) is 1. The number of carbonyl (C=O) groups is 1. The number of para-hydroxylation sites is 1. The maximum Gasteiger partial charge on any atom is 0.354 e. The first-order chi connectivity index (χ1) is 9.99. The van der Waals surface area contributed by atoms with Crippen LogP contribution < -0.4 is 5.73 Å². The van der Waals surface area contributed by atoms with E-state index in [2.05, 4.69) is 23.4 Å². The number of aromatic nitrogens is 1. The van der Waals surface area contributed by atoms with E-state index in [-0.39, 0.29) is 5.69 Å². The van der Waals surface area contributed by atoms with E-state index in [1.165, 1.54) is 12.3 Å². The quantitative estimate of drug-likeness (QED) is 0.654. The summed E-state index contributed by atoms with van der Waals surface area (Å²) in [6, 6.07) is 8.76. The number of hydrogen-bond donors (Lipinski definition) is 2. The molecule has 0 bridgehead atoms. The fraction of sp³-hybridized carbons (Fsp3) is 0.0588. The minimum atomic E-state index is -1.08. The summed E-state index contributed by atoms with van der Waals surface area (Å²) < 4.78 is 0. The Balaban J connectivity index is 2.48. The molecule has 0 radical (unpaired) electrons. The Hall–Kier alpha value is -3.06. The zero-order chi connectivity index (χ0) is 15.4. The molecule has 2 rings (SSSR count). The van der Waals surface area contributed by atoms with Gasteiger partial charge in [-0.05, 0) is 36.3 Å². The molecule has 0 aliphatic rings. The van der Waals surface area contributed by atoms with E-state index in [0.29, 0.717) is 22.4 Å². The van der Waals surface area contributed by atoms with Gasteiger partial charge in [0.05, 0.1) is 5.56 Å². The summed E-state index contributed by atoms with van der Waals surface area (Å²) in [6.45, 7) is 5.64. The summed E-state index contributed by atoms with van der Waals surface area (Å²) in [4.78, 5) is 14.8. The lowest BCUT2D eigenvalue weighted by atomic mass is 10.0. The molecule has 0 aliphatic carbocycles. The molecular weight excluding hydrogens is 264 g/mol. The SMILES string of the molecule is C=C(C)c1cc(C(=O)O)ncc1C#Cc1ccccc1N. The number of rotatable bonds is 2. The number of carboxylic acids is 1. The maximum atomic E-state index is 11.0. The van der Waals surface area contributed by atoms with Gasteiger partial charge < -0.3 is 10.8 Å². The topological polar surface area (TPSA) is 76.2 Å². The van der Waals surface area contributed by atoms with Crippen LogP contribution in [0.15, 0.2) is 43.1 Å². The number of anilines is 1. The van der Waals surface area contributed by atoms with Crippen molar-refractivity contribution in [3.63, 3.8) is 0 Å². The summed E-state index contributed by atoms with van der Waals surface area (Å²) in [6.07, 6.45) is 1.44. The first-order valence-corrected chi connectivity index (χ1v) is 6.25. The maximum absolute atomic E-state index is 11.0. The van der Waals surface area contributed by atoms with E-state index < -0.39 is 5.97 Å². The fourth-order valence-electron chi connectivity index (χ4n) is 1.77. The van der Waals surface area contributed by atoms with Crippen LogP contribution in [0.4, 0.5) is 5.69 Å². The largest absolute Gasteiger partial charge is 0.477 e. The van der Waals surface area contributed by atoms with Crippen LogP contribution in [-0.2, 0) is 0 Å². The van der Waals surface area contributed by atoms with Crippen LogP contribution in [0.2, 0.25) is 0 Å². The van der Waals surface area contributed by atoms with Crippen LogP contribution in [0.5, 0.6) is 0 Å². The highest BCUT2D eigenvalue weighted by Gasteiger charge is 2.09. The van der Waals surface area contributed by atoms with E-state index in [0.717, 1.165) is 5.57 Å². The number of allylic oxidation sites excluding steroid dienone is 1. The van der Waals surface area contributed by atoms with Crippen LogP contribution in [0.25, 0.3) is 5.57 Å². The van der Waals surface area contributed by atoms with Crippen molar-refractivity contribution in [2.45, 2.75) is 6.92 Å². The molecule has 4 heteroatoms. The number of aromatic carboxylic acids is 1. The normalized spacial score (nSPS) is 9.57. The average molecular weight is 278 g/mol. The van der Waals surface area contributed by atoms with Gasteiger partial charge >= 0.3 is 5.97 Å². The van der Waals surface area contributed by atoms with Crippen molar-refractivity contribution in [1.29, 1.82) is 0 Å². The number of nitrogen functional groups attached to an aromatic ring is 1. The van der Waals surface area contributed by atoms with E-state index >= 15 is 0 Å². The minimum Gasteiger partial charge on any atom is -0.477 e. The van der Waals surface area contributed by atoms with E-state index in [1.807, 2.05) is 18.2 Å². The van der Waals surface area contributed by atoms with Gasteiger partial charge in [-0.3, -0.25) is 0 Å². The fourth-order valence-corrected chi connectivity index (χ4v) is 1.77. The van der Waals surface area contributed by atoms with Crippen molar-refractivity contribution < 1.29 is 9.90 Å². The molecule has 0 saturated carbocycles. The smallest absolute Gasteiger partial charge is 0.354 e. The second-order valence-corrected chi connectivity index (χ2v) is 4.54. The molecule has 104 valence electrons. The summed E-state index contributed by atoms with van der Waals surface area (Å²) in [5.74, 6) is 4.86. The van der Waals surface area contributed by atoms with Gasteiger partial charge in [-0.15, -0.1) is 0 Å². The Morgan fingerprint density at radius 2 is 1.95 bits per heavy atom. The highest BCUT2D eigenvalue weighted by molar-refractivity contribution is 5.87. The third-order valence-electron chi connectivity index (χ3n) is 2.88. The molecule has 1 aromatic heterocycles. The van der Waals surface area contributed by atoms with Crippen molar-refractivity contribution in [2.75, 3.05) is 5.73 Å². The van der Waals surface area contributed by atoms with Gasteiger partial charge in [0.25, 0.3) is 0 Å². The zero-order valence-corrected chi connectivity index (χ0v) is 11.6. The van der Waals surface area contributed by atoms with Crippen molar-refractivity contribution >= 4 is 17.2 Å². The molecule has 3 N–H and O–H groups in total.